The largest absolute Gasteiger partial charge is 0.355 e. The Balaban J connectivity index is 2.66. The van der Waals surface area contributed by atoms with Gasteiger partial charge in [0.2, 0.25) is 5.91 Å². The first kappa shape index (κ1) is 9.33. The van der Waals surface area contributed by atoms with E-state index in [9.17, 15) is 4.79 Å². The second-order valence-electron chi connectivity index (χ2n) is 2.73. The van der Waals surface area contributed by atoms with Gasteiger partial charge in [0.1, 0.15) is 0 Å². The standard InChI is InChI=1S/C9H12ClNO/c1-11-9(12)8-4-2-7(6-10)3-5-8/h2,4H,3,5-6H2,1H3,(H,11,12). The van der Waals surface area contributed by atoms with Gasteiger partial charge in [0, 0.05) is 18.5 Å². The normalized spacial score (nSPS) is 16.5. The summed E-state index contributed by atoms with van der Waals surface area (Å²) in [6, 6.07) is 0. The fourth-order valence-corrected chi connectivity index (χ4v) is 1.36. The van der Waals surface area contributed by atoms with E-state index < -0.39 is 0 Å². The Hall–Kier alpha value is -0.760. The average Bonchev–Trinajstić information content (AvgIpc) is 2.17. The molecule has 0 radical (unpaired) electrons. The summed E-state index contributed by atoms with van der Waals surface area (Å²) in [5.74, 6) is 0.581. The van der Waals surface area contributed by atoms with Gasteiger partial charge in [-0.15, -0.1) is 11.6 Å². The molecule has 3 heteroatoms. The molecular formula is C9H12ClNO. The van der Waals surface area contributed by atoms with Crippen LogP contribution in [0.4, 0.5) is 0 Å². The molecule has 0 spiro atoms. The Bertz CT molecular complexity index is 243. The second-order valence-corrected chi connectivity index (χ2v) is 3.00. The van der Waals surface area contributed by atoms with Crippen LogP contribution < -0.4 is 5.32 Å². The Morgan fingerprint density at radius 2 is 2.33 bits per heavy atom. The van der Waals surface area contributed by atoms with Crippen LogP contribution in [0.2, 0.25) is 0 Å². The minimum Gasteiger partial charge on any atom is -0.355 e. The molecule has 1 aliphatic carbocycles. The van der Waals surface area contributed by atoms with Gasteiger partial charge in [-0.3, -0.25) is 4.79 Å². The maximum absolute atomic E-state index is 11.1. The number of halogens is 1. The van der Waals surface area contributed by atoms with Crippen molar-refractivity contribution in [2.75, 3.05) is 12.9 Å². The summed E-state index contributed by atoms with van der Waals surface area (Å²) in [5, 5.41) is 2.60. The summed E-state index contributed by atoms with van der Waals surface area (Å²) in [5.41, 5.74) is 2.04. The van der Waals surface area contributed by atoms with E-state index in [4.69, 9.17) is 11.6 Å². The molecule has 12 heavy (non-hydrogen) atoms. The molecule has 0 fully saturated rings. The Labute approximate surface area is 77.3 Å². The zero-order valence-electron chi connectivity index (χ0n) is 7.06. The highest BCUT2D eigenvalue weighted by atomic mass is 35.5. The van der Waals surface area contributed by atoms with Crippen LogP contribution in [-0.2, 0) is 4.79 Å². The van der Waals surface area contributed by atoms with E-state index in [2.05, 4.69) is 5.32 Å². The lowest BCUT2D eigenvalue weighted by Crippen LogP contribution is -2.20. The maximum Gasteiger partial charge on any atom is 0.246 e. The number of likely N-dealkylation sites (N-methyl/N-ethyl adjacent to an activating group) is 1. The SMILES string of the molecule is CNC(=O)C1=CC=C(CCl)CC1. The molecule has 1 rings (SSSR count). The highest BCUT2D eigenvalue weighted by molar-refractivity contribution is 6.19. The first-order chi connectivity index (χ1) is 5.77. The van der Waals surface area contributed by atoms with Gasteiger partial charge < -0.3 is 5.32 Å². The first-order valence-corrected chi connectivity index (χ1v) is 4.48. The Kier molecular flexibility index (Phi) is 3.35. The number of carbonyl (C=O) groups is 1. The Morgan fingerprint density at radius 1 is 1.58 bits per heavy atom. The van der Waals surface area contributed by atoms with Crippen LogP contribution in [0.15, 0.2) is 23.3 Å². The van der Waals surface area contributed by atoms with Crippen molar-refractivity contribution < 1.29 is 4.79 Å². The van der Waals surface area contributed by atoms with Gasteiger partial charge in [-0.1, -0.05) is 17.7 Å². The van der Waals surface area contributed by atoms with E-state index in [1.54, 1.807) is 7.05 Å². The number of amides is 1. The molecule has 2 nitrogen and oxygen atoms in total. The topological polar surface area (TPSA) is 29.1 Å². The molecule has 0 aliphatic heterocycles. The van der Waals surface area contributed by atoms with E-state index in [1.807, 2.05) is 12.2 Å². The molecule has 1 N–H and O–H groups in total. The summed E-state index contributed by atoms with van der Waals surface area (Å²) in [6.45, 7) is 0. The van der Waals surface area contributed by atoms with Crippen molar-refractivity contribution in [1.29, 1.82) is 0 Å². The van der Waals surface area contributed by atoms with E-state index in [-0.39, 0.29) is 5.91 Å². The van der Waals surface area contributed by atoms with Crippen molar-refractivity contribution >= 4 is 17.5 Å². The van der Waals surface area contributed by atoms with Crippen LogP contribution in [0, 0.1) is 0 Å². The van der Waals surface area contributed by atoms with Crippen molar-refractivity contribution in [2.24, 2.45) is 0 Å². The third-order valence-corrected chi connectivity index (χ3v) is 2.27. The van der Waals surface area contributed by atoms with E-state index >= 15 is 0 Å². The minimum atomic E-state index is 0.0138. The monoisotopic (exact) mass is 185 g/mol. The van der Waals surface area contributed by atoms with Gasteiger partial charge in [-0.2, -0.15) is 0 Å². The number of hydrogen-bond donors (Lipinski definition) is 1. The second kappa shape index (κ2) is 4.31. The maximum atomic E-state index is 11.1. The van der Waals surface area contributed by atoms with Gasteiger partial charge in [0.05, 0.1) is 0 Å². The summed E-state index contributed by atoms with van der Waals surface area (Å²) < 4.78 is 0. The summed E-state index contributed by atoms with van der Waals surface area (Å²) in [6.07, 6.45) is 5.49. The lowest BCUT2D eigenvalue weighted by Gasteiger charge is -2.11. The summed E-state index contributed by atoms with van der Waals surface area (Å²) >= 11 is 5.64. The van der Waals surface area contributed by atoms with Crippen molar-refractivity contribution in [2.45, 2.75) is 12.8 Å². The number of rotatable bonds is 2. The Morgan fingerprint density at radius 3 is 2.75 bits per heavy atom. The fraction of sp³-hybridized carbons (Fsp3) is 0.444. The minimum absolute atomic E-state index is 0.0138. The highest BCUT2D eigenvalue weighted by Crippen LogP contribution is 2.18. The van der Waals surface area contributed by atoms with Crippen LogP contribution >= 0.6 is 11.6 Å². The summed E-state index contributed by atoms with van der Waals surface area (Å²) in [7, 11) is 1.64. The van der Waals surface area contributed by atoms with Crippen molar-refractivity contribution in [3.63, 3.8) is 0 Å². The molecular weight excluding hydrogens is 174 g/mol. The predicted molar refractivity (Wildman–Crippen MR) is 50.2 cm³/mol. The lowest BCUT2D eigenvalue weighted by atomic mass is 9.99. The molecule has 0 saturated carbocycles. The van der Waals surface area contributed by atoms with Gasteiger partial charge in [-0.25, -0.2) is 0 Å². The average molecular weight is 186 g/mol. The molecule has 0 aromatic carbocycles. The fourth-order valence-electron chi connectivity index (χ4n) is 1.14. The molecule has 0 aromatic heterocycles. The van der Waals surface area contributed by atoms with Crippen LogP contribution in [0.25, 0.3) is 0 Å². The quantitative estimate of drug-likeness (QED) is 0.651. The molecule has 0 atom stereocenters. The van der Waals surface area contributed by atoms with Gasteiger partial charge in [0.15, 0.2) is 0 Å². The molecule has 0 heterocycles. The van der Waals surface area contributed by atoms with Crippen molar-refractivity contribution in [3.05, 3.63) is 23.3 Å². The molecule has 0 saturated heterocycles. The van der Waals surface area contributed by atoms with Crippen LogP contribution in [-0.4, -0.2) is 18.8 Å². The van der Waals surface area contributed by atoms with Gasteiger partial charge in [0.25, 0.3) is 0 Å². The van der Waals surface area contributed by atoms with Crippen molar-refractivity contribution in [1.82, 2.24) is 5.32 Å². The zero-order valence-corrected chi connectivity index (χ0v) is 7.82. The molecule has 0 unspecified atom stereocenters. The van der Waals surface area contributed by atoms with E-state index in [0.717, 1.165) is 18.4 Å². The first-order valence-electron chi connectivity index (χ1n) is 3.94. The van der Waals surface area contributed by atoms with Crippen LogP contribution in [0.5, 0.6) is 0 Å². The molecule has 0 bridgehead atoms. The van der Waals surface area contributed by atoms with Crippen LogP contribution in [0.3, 0.4) is 0 Å². The van der Waals surface area contributed by atoms with Crippen LogP contribution in [0.1, 0.15) is 12.8 Å². The summed E-state index contributed by atoms with van der Waals surface area (Å²) in [4.78, 5) is 11.1. The smallest absolute Gasteiger partial charge is 0.246 e. The number of allylic oxidation sites excluding steroid dienone is 3. The van der Waals surface area contributed by atoms with Gasteiger partial charge >= 0.3 is 0 Å². The number of nitrogens with one attached hydrogen (secondary N) is 1. The van der Waals surface area contributed by atoms with E-state index in [0.29, 0.717) is 5.88 Å². The molecule has 66 valence electrons. The lowest BCUT2D eigenvalue weighted by molar-refractivity contribution is -0.117. The number of alkyl halides is 1. The third kappa shape index (κ3) is 2.11. The third-order valence-electron chi connectivity index (χ3n) is 1.93. The highest BCUT2D eigenvalue weighted by Gasteiger charge is 2.10. The molecule has 1 aliphatic rings. The molecule has 1 amide bonds. The van der Waals surface area contributed by atoms with Gasteiger partial charge in [-0.05, 0) is 12.8 Å². The predicted octanol–water partition coefficient (Wildman–Crippen LogP) is 1.62. The van der Waals surface area contributed by atoms with Crippen molar-refractivity contribution in [3.8, 4) is 0 Å². The van der Waals surface area contributed by atoms with E-state index in [1.165, 1.54) is 5.57 Å². The zero-order chi connectivity index (χ0) is 8.97. The number of hydrogen-bond acceptors (Lipinski definition) is 1. The molecule has 0 aromatic rings. The number of carbonyl (C=O) groups excluding carboxylic acids is 1.